The van der Waals surface area contributed by atoms with Crippen molar-refractivity contribution in [3.05, 3.63) is 30.1 Å². The molecule has 0 spiro atoms. The van der Waals surface area contributed by atoms with Gasteiger partial charge in [-0.25, -0.2) is 4.98 Å². The summed E-state index contributed by atoms with van der Waals surface area (Å²) < 4.78 is 6.94. The number of hydrogen-bond acceptors (Lipinski definition) is 4. The van der Waals surface area contributed by atoms with Gasteiger partial charge in [-0.1, -0.05) is 12.1 Å². The minimum atomic E-state index is -0.235. The fourth-order valence-corrected chi connectivity index (χ4v) is 2.33. The van der Waals surface area contributed by atoms with Crippen molar-refractivity contribution in [1.29, 1.82) is 5.26 Å². The quantitative estimate of drug-likeness (QED) is 0.784. The molecule has 5 heteroatoms. The molecule has 0 N–H and O–H groups in total. The summed E-state index contributed by atoms with van der Waals surface area (Å²) in [4.78, 5) is 16.1. The van der Waals surface area contributed by atoms with Crippen molar-refractivity contribution in [3.8, 4) is 6.07 Å². The van der Waals surface area contributed by atoms with Crippen LogP contribution in [0.5, 0.6) is 0 Å². The van der Waals surface area contributed by atoms with E-state index in [0.717, 1.165) is 11.0 Å². The summed E-state index contributed by atoms with van der Waals surface area (Å²) in [7, 11) is 0. The maximum Gasteiger partial charge on any atom is 0.307 e. The highest BCUT2D eigenvalue weighted by Crippen LogP contribution is 2.23. The van der Waals surface area contributed by atoms with Gasteiger partial charge in [-0.3, -0.25) is 4.79 Å². The molecular formula is C15H17N3O2. The maximum atomic E-state index is 11.6. The Kier molecular flexibility index (Phi) is 4.36. The Morgan fingerprint density at radius 1 is 1.50 bits per heavy atom. The average Bonchev–Trinajstić information content (AvgIpc) is 2.77. The normalized spacial score (nSPS) is 12.1. The lowest BCUT2D eigenvalue weighted by atomic mass is 10.2. The van der Waals surface area contributed by atoms with Crippen molar-refractivity contribution in [2.45, 2.75) is 32.7 Å². The molecule has 0 amide bonds. The molecule has 1 aromatic heterocycles. The summed E-state index contributed by atoms with van der Waals surface area (Å²) in [5.74, 6) is 0.450. The summed E-state index contributed by atoms with van der Waals surface area (Å²) in [6.45, 7) is 4.10. The lowest BCUT2D eigenvalue weighted by Crippen LogP contribution is -2.15. The minimum Gasteiger partial charge on any atom is -0.466 e. The van der Waals surface area contributed by atoms with Crippen LogP contribution in [0.3, 0.4) is 0 Å². The second kappa shape index (κ2) is 6.20. The number of benzene rings is 1. The molecule has 1 heterocycles. The van der Waals surface area contributed by atoms with E-state index < -0.39 is 0 Å². The van der Waals surface area contributed by atoms with E-state index in [9.17, 15) is 4.79 Å². The Morgan fingerprint density at radius 2 is 2.25 bits per heavy atom. The molecule has 20 heavy (non-hydrogen) atoms. The molecule has 0 saturated carbocycles. The van der Waals surface area contributed by atoms with Crippen LogP contribution >= 0.6 is 0 Å². The van der Waals surface area contributed by atoms with Gasteiger partial charge in [0.25, 0.3) is 0 Å². The van der Waals surface area contributed by atoms with E-state index in [4.69, 9.17) is 10.00 Å². The van der Waals surface area contributed by atoms with Gasteiger partial charge in [0, 0.05) is 6.04 Å². The number of ether oxygens (including phenoxy) is 1. The number of esters is 1. The van der Waals surface area contributed by atoms with E-state index in [1.54, 1.807) is 6.92 Å². The molecular weight excluding hydrogens is 254 g/mol. The minimum absolute atomic E-state index is 0.0928. The first-order valence-electron chi connectivity index (χ1n) is 6.65. The average molecular weight is 271 g/mol. The zero-order valence-electron chi connectivity index (χ0n) is 11.7. The van der Waals surface area contributed by atoms with Crippen LogP contribution in [0.2, 0.25) is 0 Å². The van der Waals surface area contributed by atoms with E-state index in [1.807, 2.05) is 35.8 Å². The third-order valence-electron chi connectivity index (χ3n) is 3.11. The largest absolute Gasteiger partial charge is 0.466 e. The van der Waals surface area contributed by atoms with Gasteiger partial charge in [0.15, 0.2) is 0 Å². The first kappa shape index (κ1) is 14.1. The van der Waals surface area contributed by atoms with Gasteiger partial charge in [-0.15, -0.1) is 0 Å². The Balaban J connectivity index is 2.38. The number of hydrogen-bond donors (Lipinski definition) is 0. The van der Waals surface area contributed by atoms with Crippen molar-refractivity contribution in [3.63, 3.8) is 0 Å². The first-order valence-corrected chi connectivity index (χ1v) is 6.65. The number of fused-ring (bicyclic) bond motifs is 1. The van der Waals surface area contributed by atoms with Crippen LogP contribution in [0.1, 0.15) is 32.1 Å². The molecule has 2 rings (SSSR count). The maximum absolute atomic E-state index is 11.6. The Morgan fingerprint density at radius 3 is 2.95 bits per heavy atom. The second-order valence-electron chi connectivity index (χ2n) is 4.58. The number of imidazole rings is 1. The molecule has 0 fully saturated rings. The van der Waals surface area contributed by atoms with Crippen LogP contribution < -0.4 is 0 Å². The third kappa shape index (κ3) is 2.80. The van der Waals surface area contributed by atoms with Crippen LogP contribution in [0.15, 0.2) is 24.3 Å². The van der Waals surface area contributed by atoms with E-state index in [0.29, 0.717) is 12.4 Å². The second-order valence-corrected chi connectivity index (χ2v) is 4.58. The number of para-hydroxylation sites is 2. The van der Waals surface area contributed by atoms with Crippen molar-refractivity contribution in [2.75, 3.05) is 6.61 Å². The highest BCUT2D eigenvalue weighted by atomic mass is 16.5. The van der Waals surface area contributed by atoms with Crippen molar-refractivity contribution < 1.29 is 9.53 Å². The van der Waals surface area contributed by atoms with E-state index in [1.165, 1.54) is 0 Å². The van der Waals surface area contributed by atoms with Gasteiger partial charge < -0.3 is 9.30 Å². The lowest BCUT2D eigenvalue weighted by Gasteiger charge is -2.16. The van der Waals surface area contributed by atoms with E-state index in [-0.39, 0.29) is 24.9 Å². The SMILES string of the molecule is CCOC(=O)CC(C)n1c(CC#N)nc2ccccc21. The summed E-state index contributed by atoms with van der Waals surface area (Å²) in [6, 6.07) is 9.72. The van der Waals surface area contributed by atoms with Crippen LogP contribution in [-0.2, 0) is 16.0 Å². The highest BCUT2D eigenvalue weighted by Gasteiger charge is 2.18. The van der Waals surface area contributed by atoms with E-state index in [2.05, 4.69) is 11.1 Å². The Hall–Kier alpha value is -2.35. The number of nitriles is 1. The smallest absolute Gasteiger partial charge is 0.307 e. The summed E-state index contributed by atoms with van der Waals surface area (Å²) in [6.07, 6.45) is 0.495. The third-order valence-corrected chi connectivity index (χ3v) is 3.11. The van der Waals surface area contributed by atoms with Gasteiger partial charge in [-0.05, 0) is 26.0 Å². The fourth-order valence-electron chi connectivity index (χ4n) is 2.33. The molecule has 1 unspecified atom stereocenters. The van der Waals surface area contributed by atoms with Gasteiger partial charge in [0.2, 0.25) is 0 Å². The molecule has 0 aliphatic heterocycles. The highest BCUT2D eigenvalue weighted by molar-refractivity contribution is 5.77. The van der Waals surface area contributed by atoms with Crippen LogP contribution in [0, 0.1) is 11.3 Å². The number of carbonyl (C=O) groups is 1. The van der Waals surface area contributed by atoms with Gasteiger partial charge in [-0.2, -0.15) is 5.26 Å². The number of aromatic nitrogens is 2. The van der Waals surface area contributed by atoms with Gasteiger partial charge in [0.1, 0.15) is 5.82 Å². The number of nitrogens with zero attached hydrogens (tertiary/aromatic N) is 3. The molecule has 1 aromatic carbocycles. The zero-order valence-corrected chi connectivity index (χ0v) is 11.7. The molecule has 5 nitrogen and oxygen atoms in total. The predicted octanol–water partition coefficient (Wildman–Crippen LogP) is 2.62. The van der Waals surface area contributed by atoms with Gasteiger partial charge >= 0.3 is 5.97 Å². The standard InChI is InChI=1S/C15H17N3O2/c1-3-20-15(19)10-11(2)18-13-7-5-4-6-12(13)17-14(18)8-9-16/h4-7,11H,3,8,10H2,1-2H3. The Labute approximate surface area is 117 Å². The molecule has 0 aliphatic rings. The molecule has 0 saturated heterocycles. The molecule has 104 valence electrons. The topological polar surface area (TPSA) is 67.9 Å². The van der Waals surface area contributed by atoms with Gasteiger partial charge in [0.05, 0.1) is 36.6 Å². The Bertz CT molecular complexity index is 655. The summed E-state index contributed by atoms with van der Waals surface area (Å²) >= 11 is 0. The molecule has 2 aromatic rings. The summed E-state index contributed by atoms with van der Waals surface area (Å²) in [5, 5.41) is 8.92. The number of carbonyl (C=O) groups excluding carboxylic acids is 1. The summed E-state index contributed by atoms with van der Waals surface area (Å²) in [5.41, 5.74) is 1.78. The molecule has 1 atom stereocenters. The van der Waals surface area contributed by atoms with Crippen LogP contribution in [-0.4, -0.2) is 22.1 Å². The molecule has 0 radical (unpaired) electrons. The van der Waals surface area contributed by atoms with Crippen LogP contribution in [0.4, 0.5) is 0 Å². The van der Waals surface area contributed by atoms with E-state index >= 15 is 0 Å². The predicted molar refractivity (Wildman–Crippen MR) is 75.0 cm³/mol. The molecule has 0 bridgehead atoms. The van der Waals surface area contributed by atoms with Crippen LogP contribution in [0.25, 0.3) is 11.0 Å². The van der Waals surface area contributed by atoms with Crippen molar-refractivity contribution >= 4 is 17.0 Å². The monoisotopic (exact) mass is 271 g/mol. The van der Waals surface area contributed by atoms with Crippen molar-refractivity contribution in [2.24, 2.45) is 0 Å². The number of rotatable bonds is 5. The first-order chi connectivity index (χ1) is 9.67. The van der Waals surface area contributed by atoms with Crippen molar-refractivity contribution in [1.82, 2.24) is 9.55 Å². The molecule has 0 aliphatic carbocycles. The fraction of sp³-hybridized carbons (Fsp3) is 0.400. The lowest BCUT2D eigenvalue weighted by molar-refractivity contribution is -0.143. The zero-order chi connectivity index (χ0) is 14.5.